The molecular formula is C21H24ClN2O+. The highest BCUT2D eigenvalue weighted by Crippen LogP contribution is 2.24. The maximum Gasteiger partial charge on any atom is 0.136 e. The van der Waals surface area contributed by atoms with Gasteiger partial charge in [0.15, 0.2) is 0 Å². The van der Waals surface area contributed by atoms with E-state index in [1.54, 1.807) is 0 Å². The average molecular weight is 356 g/mol. The minimum Gasteiger partial charge on any atom is -0.456 e. The molecule has 2 aromatic carbocycles. The van der Waals surface area contributed by atoms with Gasteiger partial charge in [0.25, 0.3) is 0 Å². The molecule has 25 heavy (non-hydrogen) atoms. The van der Waals surface area contributed by atoms with Crippen molar-refractivity contribution in [2.24, 2.45) is 4.99 Å². The topological polar surface area (TPSA) is 29.9 Å². The normalized spacial score (nSPS) is 12.3. The van der Waals surface area contributed by atoms with Crippen LogP contribution in [0.4, 0.5) is 0 Å². The first-order chi connectivity index (χ1) is 12.0. The number of benzene rings is 2. The van der Waals surface area contributed by atoms with Crippen molar-refractivity contribution in [3.05, 3.63) is 64.5 Å². The van der Waals surface area contributed by atoms with Crippen LogP contribution in [0.5, 0.6) is 0 Å². The molecule has 3 aromatic rings. The largest absolute Gasteiger partial charge is 0.456 e. The third kappa shape index (κ3) is 4.50. The summed E-state index contributed by atoms with van der Waals surface area (Å²) in [6, 6.07) is 16.0. The van der Waals surface area contributed by atoms with Crippen molar-refractivity contribution in [1.29, 1.82) is 0 Å². The standard InChI is InChI=1S/C21H23ClN2O/c1-15-5-10-20-18(13-15)19(23-11-4-12-24(2)3)14-21(25-20)16-6-8-17(22)9-7-16/h5-10,13-14H,4,11-12H2,1-3H3/p+1. The first-order valence-electron chi connectivity index (χ1n) is 8.63. The van der Waals surface area contributed by atoms with Crippen LogP contribution >= 0.6 is 11.6 Å². The molecule has 3 rings (SSSR count). The Morgan fingerprint density at radius 1 is 1.04 bits per heavy atom. The molecule has 4 heteroatoms. The molecular weight excluding hydrogens is 332 g/mol. The minimum atomic E-state index is 0.719. The molecule has 0 unspecified atom stereocenters. The Morgan fingerprint density at radius 3 is 2.52 bits per heavy atom. The number of hydrogen-bond donors (Lipinski definition) is 1. The van der Waals surface area contributed by atoms with Gasteiger partial charge in [-0.15, -0.1) is 0 Å². The van der Waals surface area contributed by atoms with Crippen molar-refractivity contribution in [3.8, 4) is 11.3 Å². The monoisotopic (exact) mass is 355 g/mol. The Bertz CT molecular complexity index is 927. The summed E-state index contributed by atoms with van der Waals surface area (Å²) in [5, 5.41) is 2.77. The maximum absolute atomic E-state index is 6.12. The van der Waals surface area contributed by atoms with E-state index in [9.17, 15) is 0 Å². The number of rotatable bonds is 5. The van der Waals surface area contributed by atoms with Crippen molar-refractivity contribution in [1.82, 2.24) is 0 Å². The summed E-state index contributed by atoms with van der Waals surface area (Å²) in [6.45, 7) is 4.02. The summed E-state index contributed by atoms with van der Waals surface area (Å²) in [5.41, 5.74) is 3.06. The van der Waals surface area contributed by atoms with Crippen molar-refractivity contribution >= 4 is 22.6 Å². The van der Waals surface area contributed by atoms with E-state index in [4.69, 9.17) is 21.0 Å². The predicted octanol–water partition coefficient (Wildman–Crippen LogP) is 3.50. The van der Waals surface area contributed by atoms with Gasteiger partial charge in [-0.2, -0.15) is 0 Å². The van der Waals surface area contributed by atoms with E-state index >= 15 is 0 Å². The molecule has 0 fully saturated rings. The maximum atomic E-state index is 6.12. The molecule has 0 aliphatic heterocycles. The zero-order valence-corrected chi connectivity index (χ0v) is 15.7. The third-order valence-corrected chi connectivity index (χ3v) is 4.40. The van der Waals surface area contributed by atoms with E-state index in [1.807, 2.05) is 36.4 Å². The zero-order valence-electron chi connectivity index (χ0n) is 15.0. The number of halogens is 1. The molecule has 0 amide bonds. The van der Waals surface area contributed by atoms with Crippen LogP contribution in [0.3, 0.4) is 0 Å². The van der Waals surface area contributed by atoms with Crippen molar-refractivity contribution < 1.29 is 9.32 Å². The predicted molar refractivity (Wildman–Crippen MR) is 104 cm³/mol. The molecule has 0 spiro atoms. The fourth-order valence-electron chi connectivity index (χ4n) is 2.80. The van der Waals surface area contributed by atoms with E-state index < -0.39 is 0 Å². The first kappa shape index (κ1) is 17.7. The summed E-state index contributed by atoms with van der Waals surface area (Å²) in [4.78, 5) is 6.30. The lowest BCUT2D eigenvalue weighted by Gasteiger charge is -2.07. The first-order valence-corrected chi connectivity index (χ1v) is 9.01. The fraction of sp³-hybridized carbons (Fsp3) is 0.286. The molecule has 0 aliphatic rings. The Labute approximate surface area is 153 Å². The number of quaternary nitrogens is 1. The lowest BCUT2D eigenvalue weighted by atomic mass is 10.1. The molecule has 0 radical (unpaired) electrons. The van der Waals surface area contributed by atoms with Crippen molar-refractivity contribution in [2.45, 2.75) is 13.3 Å². The summed E-state index contributed by atoms with van der Waals surface area (Å²) >= 11 is 6.00. The molecule has 0 atom stereocenters. The number of hydrogen-bond acceptors (Lipinski definition) is 2. The number of fused-ring (bicyclic) bond motifs is 1. The van der Waals surface area contributed by atoms with Gasteiger partial charge in [0.05, 0.1) is 26.0 Å². The van der Waals surface area contributed by atoms with Crippen LogP contribution in [0.2, 0.25) is 5.02 Å². The molecule has 1 N–H and O–H groups in total. The molecule has 0 aliphatic carbocycles. The molecule has 1 aromatic heterocycles. The molecule has 1 heterocycles. The van der Waals surface area contributed by atoms with Gasteiger partial charge < -0.3 is 9.32 Å². The van der Waals surface area contributed by atoms with Crippen LogP contribution in [0.15, 0.2) is 57.9 Å². The van der Waals surface area contributed by atoms with Gasteiger partial charge >= 0.3 is 0 Å². The van der Waals surface area contributed by atoms with E-state index in [0.29, 0.717) is 0 Å². The molecule has 0 saturated heterocycles. The average Bonchev–Trinajstić information content (AvgIpc) is 2.59. The van der Waals surface area contributed by atoms with E-state index in [2.05, 4.69) is 33.2 Å². The lowest BCUT2D eigenvalue weighted by molar-refractivity contribution is -0.858. The second-order valence-corrected chi connectivity index (χ2v) is 7.13. The number of nitrogens with zero attached hydrogens (tertiary/aromatic N) is 1. The highest BCUT2D eigenvalue weighted by Gasteiger charge is 2.06. The smallest absolute Gasteiger partial charge is 0.136 e. The molecule has 0 saturated carbocycles. The van der Waals surface area contributed by atoms with Gasteiger partial charge in [0.1, 0.15) is 11.3 Å². The van der Waals surface area contributed by atoms with Crippen LogP contribution in [-0.2, 0) is 0 Å². The van der Waals surface area contributed by atoms with Gasteiger partial charge in [0, 0.05) is 35.0 Å². The summed E-state index contributed by atoms with van der Waals surface area (Å²) < 4.78 is 6.12. The number of aryl methyl sites for hydroxylation is 1. The Morgan fingerprint density at radius 2 is 1.80 bits per heavy atom. The van der Waals surface area contributed by atoms with Gasteiger partial charge in [0.2, 0.25) is 0 Å². The quantitative estimate of drug-likeness (QED) is 0.697. The van der Waals surface area contributed by atoms with Crippen molar-refractivity contribution in [3.63, 3.8) is 0 Å². The van der Waals surface area contributed by atoms with Crippen molar-refractivity contribution in [2.75, 3.05) is 27.2 Å². The van der Waals surface area contributed by atoms with Gasteiger partial charge in [-0.25, -0.2) is 0 Å². The van der Waals surface area contributed by atoms with Crippen LogP contribution in [0, 0.1) is 6.92 Å². The van der Waals surface area contributed by atoms with E-state index in [1.165, 1.54) is 10.5 Å². The number of nitrogens with one attached hydrogen (secondary N) is 1. The summed E-state index contributed by atoms with van der Waals surface area (Å²) in [7, 11) is 4.33. The second-order valence-electron chi connectivity index (χ2n) is 6.69. The molecule has 0 bridgehead atoms. The van der Waals surface area contributed by atoms with Crippen LogP contribution in [0.1, 0.15) is 12.0 Å². The fourth-order valence-corrected chi connectivity index (χ4v) is 2.93. The molecule has 3 nitrogen and oxygen atoms in total. The highest BCUT2D eigenvalue weighted by atomic mass is 35.5. The van der Waals surface area contributed by atoms with Crippen LogP contribution in [0.25, 0.3) is 22.3 Å². The minimum absolute atomic E-state index is 0.719. The summed E-state index contributed by atoms with van der Waals surface area (Å²) in [5.74, 6) is 0.810. The van der Waals surface area contributed by atoms with Gasteiger partial charge in [-0.3, -0.25) is 4.99 Å². The SMILES string of the molecule is Cc1ccc2oc(-c3ccc(Cl)cc3)cc(=NCCC[NH+](C)C)c2c1. The summed E-state index contributed by atoms with van der Waals surface area (Å²) in [6.07, 6.45) is 1.07. The van der Waals surface area contributed by atoms with Crippen LogP contribution in [-0.4, -0.2) is 27.2 Å². The van der Waals surface area contributed by atoms with E-state index in [-0.39, 0.29) is 0 Å². The Hall–Kier alpha value is -2.10. The van der Waals surface area contributed by atoms with Crippen LogP contribution < -0.4 is 10.3 Å². The Balaban J connectivity index is 2.06. The second kappa shape index (κ2) is 7.85. The van der Waals surface area contributed by atoms with Gasteiger partial charge in [-0.1, -0.05) is 23.2 Å². The molecule has 130 valence electrons. The third-order valence-electron chi connectivity index (χ3n) is 4.14. The zero-order chi connectivity index (χ0) is 17.8. The van der Waals surface area contributed by atoms with E-state index in [0.717, 1.165) is 52.2 Å². The lowest BCUT2D eigenvalue weighted by Crippen LogP contribution is -3.05. The van der Waals surface area contributed by atoms with Gasteiger partial charge in [-0.05, 0) is 43.3 Å². The Kier molecular flexibility index (Phi) is 5.57. The highest BCUT2D eigenvalue weighted by molar-refractivity contribution is 6.30.